The fourth-order valence-electron chi connectivity index (χ4n) is 8.05. The lowest BCUT2D eigenvalue weighted by Crippen LogP contribution is -2.59. The number of ketones is 2. The molecular formula is C24H34O4. The van der Waals surface area contributed by atoms with Gasteiger partial charge in [-0.25, -0.2) is 0 Å². The fraction of sp³-hybridized carbons (Fsp3) is 0.792. The first-order valence-electron chi connectivity index (χ1n) is 11.0. The number of hydrogen-bond acceptors (Lipinski definition) is 4. The standard InChI is InChI=1S/C24H34O4/c1-14-12-18-19(22(4)9-6-17(27)13-21(14)22)7-10-23(5)20(18)8-11-24(23,15(2)25)28-16(3)26/h13-14,18-20H,6-12H2,1-5H3/t14-,18+,19?,20?,22+,23-,24-/m1/s1. The molecule has 0 saturated heterocycles. The van der Waals surface area contributed by atoms with Gasteiger partial charge in [-0.1, -0.05) is 26.3 Å². The Morgan fingerprint density at radius 2 is 1.75 bits per heavy atom. The summed E-state index contributed by atoms with van der Waals surface area (Å²) in [6.07, 6.45) is 8.19. The van der Waals surface area contributed by atoms with Crippen molar-refractivity contribution in [2.45, 2.75) is 85.2 Å². The van der Waals surface area contributed by atoms with E-state index in [0.717, 1.165) is 32.1 Å². The summed E-state index contributed by atoms with van der Waals surface area (Å²) in [6.45, 7) is 9.87. The number of ether oxygens (including phenoxy) is 1. The molecular weight excluding hydrogens is 352 g/mol. The zero-order valence-corrected chi connectivity index (χ0v) is 18.0. The second-order valence-corrected chi connectivity index (χ2v) is 10.5. The maximum Gasteiger partial charge on any atom is 0.303 e. The normalized spacial score (nSPS) is 47.5. The lowest BCUT2D eigenvalue weighted by molar-refractivity contribution is -0.187. The van der Waals surface area contributed by atoms with Gasteiger partial charge in [0.05, 0.1) is 0 Å². The van der Waals surface area contributed by atoms with E-state index in [1.165, 1.54) is 12.5 Å². The van der Waals surface area contributed by atoms with E-state index in [4.69, 9.17) is 4.74 Å². The van der Waals surface area contributed by atoms with Crippen molar-refractivity contribution in [2.24, 2.45) is 34.5 Å². The van der Waals surface area contributed by atoms with Gasteiger partial charge in [0, 0.05) is 18.8 Å². The van der Waals surface area contributed by atoms with E-state index in [1.54, 1.807) is 6.92 Å². The van der Waals surface area contributed by atoms with Crippen molar-refractivity contribution in [1.82, 2.24) is 0 Å². The minimum atomic E-state index is -0.961. The van der Waals surface area contributed by atoms with Gasteiger partial charge in [-0.15, -0.1) is 0 Å². The third-order valence-corrected chi connectivity index (χ3v) is 9.29. The highest BCUT2D eigenvalue weighted by molar-refractivity contribution is 5.92. The summed E-state index contributed by atoms with van der Waals surface area (Å²) >= 11 is 0. The number of esters is 1. The zero-order chi connectivity index (χ0) is 20.5. The molecule has 3 saturated carbocycles. The molecule has 2 unspecified atom stereocenters. The van der Waals surface area contributed by atoms with Gasteiger partial charge in [-0.05, 0) is 80.6 Å². The monoisotopic (exact) mass is 386 g/mol. The molecule has 0 aromatic heterocycles. The SMILES string of the molecule is CC(=O)O[C@@]1(C(C)=O)CCC2[C@H]3C[C@@H](C)C4=CC(=O)CC[C@@]4(C)C3CC[C@]21C. The molecule has 7 atom stereocenters. The Balaban J connectivity index is 1.73. The van der Waals surface area contributed by atoms with Crippen LogP contribution in [0.25, 0.3) is 0 Å². The van der Waals surface area contributed by atoms with Crippen molar-refractivity contribution in [1.29, 1.82) is 0 Å². The van der Waals surface area contributed by atoms with Gasteiger partial charge in [0.25, 0.3) is 0 Å². The van der Waals surface area contributed by atoms with Gasteiger partial charge >= 0.3 is 5.97 Å². The van der Waals surface area contributed by atoms with E-state index < -0.39 is 5.60 Å². The third-order valence-electron chi connectivity index (χ3n) is 9.29. The van der Waals surface area contributed by atoms with Crippen LogP contribution in [0.3, 0.4) is 0 Å². The summed E-state index contributed by atoms with van der Waals surface area (Å²) in [5.74, 6) is 1.82. The van der Waals surface area contributed by atoms with Crippen molar-refractivity contribution in [3.63, 3.8) is 0 Å². The maximum absolute atomic E-state index is 12.8. The number of allylic oxidation sites excluding steroid dienone is 1. The van der Waals surface area contributed by atoms with Crippen molar-refractivity contribution < 1.29 is 19.1 Å². The molecule has 3 fully saturated rings. The van der Waals surface area contributed by atoms with E-state index in [1.807, 2.05) is 6.08 Å². The van der Waals surface area contributed by atoms with Crippen LogP contribution < -0.4 is 0 Å². The van der Waals surface area contributed by atoms with E-state index in [0.29, 0.717) is 36.5 Å². The Bertz CT molecular complexity index is 767. The van der Waals surface area contributed by atoms with Crippen LogP contribution in [0, 0.1) is 34.5 Å². The highest BCUT2D eigenvalue weighted by Gasteiger charge is 2.68. The maximum atomic E-state index is 12.8. The number of hydrogen-bond donors (Lipinski definition) is 0. The van der Waals surface area contributed by atoms with Gasteiger partial charge in [0.15, 0.2) is 17.2 Å². The highest BCUT2D eigenvalue weighted by Crippen LogP contribution is 2.69. The Morgan fingerprint density at radius 3 is 2.39 bits per heavy atom. The van der Waals surface area contributed by atoms with Crippen LogP contribution in [0.5, 0.6) is 0 Å². The van der Waals surface area contributed by atoms with Crippen LogP contribution >= 0.6 is 0 Å². The van der Waals surface area contributed by atoms with Crippen molar-refractivity contribution in [3.8, 4) is 0 Å². The van der Waals surface area contributed by atoms with Crippen molar-refractivity contribution >= 4 is 17.5 Å². The summed E-state index contributed by atoms with van der Waals surface area (Å²) in [7, 11) is 0. The molecule has 28 heavy (non-hydrogen) atoms. The second-order valence-electron chi connectivity index (χ2n) is 10.5. The summed E-state index contributed by atoms with van der Waals surface area (Å²) < 4.78 is 5.84. The van der Waals surface area contributed by atoms with Gasteiger partial charge in [-0.2, -0.15) is 0 Å². The van der Waals surface area contributed by atoms with E-state index in [9.17, 15) is 14.4 Å². The van der Waals surface area contributed by atoms with Gasteiger partial charge in [-0.3, -0.25) is 14.4 Å². The number of carbonyl (C=O) groups excluding carboxylic acids is 3. The van der Waals surface area contributed by atoms with Crippen LogP contribution in [0.1, 0.15) is 79.6 Å². The van der Waals surface area contributed by atoms with Crippen LogP contribution in [-0.2, 0) is 19.1 Å². The largest absolute Gasteiger partial charge is 0.451 e. The number of Topliss-reactive ketones (excluding diaryl/α,β-unsaturated/α-hetero) is 1. The fourth-order valence-corrected chi connectivity index (χ4v) is 8.05. The Hall–Kier alpha value is -1.45. The molecule has 0 aliphatic heterocycles. The van der Waals surface area contributed by atoms with Gasteiger partial charge in [0.2, 0.25) is 0 Å². The van der Waals surface area contributed by atoms with Crippen molar-refractivity contribution in [3.05, 3.63) is 11.6 Å². The second kappa shape index (κ2) is 6.27. The molecule has 0 amide bonds. The summed E-state index contributed by atoms with van der Waals surface area (Å²) in [5, 5.41) is 0. The quantitative estimate of drug-likeness (QED) is 0.648. The van der Waals surface area contributed by atoms with Gasteiger partial charge in [0.1, 0.15) is 0 Å². The minimum Gasteiger partial charge on any atom is -0.451 e. The molecule has 4 rings (SSSR count). The molecule has 0 N–H and O–H groups in total. The first kappa shape index (κ1) is 19.8. The molecule has 4 aliphatic carbocycles. The molecule has 154 valence electrons. The Labute approximate surface area is 168 Å². The first-order valence-corrected chi connectivity index (χ1v) is 11.0. The molecule has 0 bridgehead atoms. The highest BCUT2D eigenvalue weighted by atomic mass is 16.6. The third kappa shape index (κ3) is 2.45. The van der Waals surface area contributed by atoms with Crippen LogP contribution in [0.4, 0.5) is 0 Å². The molecule has 0 radical (unpaired) electrons. The van der Waals surface area contributed by atoms with Crippen LogP contribution in [0.15, 0.2) is 11.6 Å². The number of rotatable bonds is 2. The minimum absolute atomic E-state index is 0.00469. The topological polar surface area (TPSA) is 60.4 Å². The summed E-state index contributed by atoms with van der Waals surface area (Å²) in [4.78, 5) is 36.8. The molecule has 0 spiro atoms. The van der Waals surface area contributed by atoms with E-state index >= 15 is 0 Å². The molecule has 0 aromatic carbocycles. The summed E-state index contributed by atoms with van der Waals surface area (Å²) in [5.41, 5.74) is 0.218. The Morgan fingerprint density at radius 1 is 1.07 bits per heavy atom. The number of fused-ring (bicyclic) bond motifs is 5. The molecule has 4 nitrogen and oxygen atoms in total. The number of carbonyl (C=O) groups is 3. The average Bonchev–Trinajstić information content (AvgIpc) is 2.90. The zero-order valence-electron chi connectivity index (χ0n) is 18.0. The lowest BCUT2D eigenvalue weighted by Gasteiger charge is -2.60. The van der Waals surface area contributed by atoms with Gasteiger partial charge < -0.3 is 4.74 Å². The van der Waals surface area contributed by atoms with Crippen LogP contribution in [-0.4, -0.2) is 23.1 Å². The molecule has 0 heterocycles. The predicted octanol–water partition coefficient (Wildman–Crippen LogP) is 4.66. The van der Waals surface area contributed by atoms with E-state index in [2.05, 4.69) is 20.8 Å². The molecule has 0 aromatic rings. The van der Waals surface area contributed by atoms with Crippen LogP contribution in [0.2, 0.25) is 0 Å². The molecule has 4 heteroatoms. The first-order chi connectivity index (χ1) is 13.0. The Kier molecular flexibility index (Phi) is 4.45. The average molecular weight is 387 g/mol. The predicted molar refractivity (Wildman–Crippen MR) is 106 cm³/mol. The molecule has 4 aliphatic rings. The van der Waals surface area contributed by atoms with Crippen molar-refractivity contribution in [2.75, 3.05) is 0 Å². The smallest absolute Gasteiger partial charge is 0.303 e. The van der Waals surface area contributed by atoms with E-state index in [-0.39, 0.29) is 28.4 Å². The summed E-state index contributed by atoms with van der Waals surface area (Å²) in [6, 6.07) is 0. The lowest BCUT2D eigenvalue weighted by atomic mass is 9.44.